The average Bonchev–Trinajstić information content (AvgIpc) is 3.37. The van der Waals surface area contributed by atoms with Gasteiger partial charge in [0.25, 0.3) is 0 Å². The lowest BCUT2D eigenvalue weighted by atomic mass is 9.95. The molecule has 10 aromatic rings. The highest BCUT2D eigenvalue weighted by Crippen LogP contribution is 2.36. The molecule has 10 rings (SSSR count). The van der Waals surface area contributed by atoms with Crippen LogP contribution in [-0.2, 0) is 0 Å². The van der Waals surface area contributed by atoms with Gasteiger partial charge in [-0.05, 0) is 63.7 Å². The van der Waals surface area contributed by atoms with Gasteiger partial charge in [0.1, 0.15) is 0 Å². The maximum absolute atomic E-state index is 9.85. The molecule has 290 valence electrons. The summed E-state index contributed by atoms with van der Waals surface area (Å²) in [4.78, 5) is 25.4. The molecule has 0 spiro atoms. The zero-order valence-corrected chi connectivity index (χ0v) is 33.5. The fourth-order valence-electron chi connectivity index (χ4n) is 7.72. The number of benzene rings is 8. The Morgan fingerprint density at radius 2 is 0.629 bits per heavy atom. The van der Waals surface area contributed by atoms with Crippen LogP contribution in [0.3, 0.4) is 0 Å². The van der Waals surface area contributed by atoms with Crippen LogP contribution in [0.5, 0.6) is 0 Å². The van der Waals surface area contributed by atoms with Crippen LogP contribution in [0.4, 0.5) is 0 Å². The van der Waals surface area contributed by atoms with Gasteiger partial charge >= 0.3 is 0 Å². The monoisotopic (exact) mass is 792 g/mol. The normalized spacial score (nSPS) is 10.9. The van der Waals surface area contributed by atoms with Gasteiger partial charge in [0.05, 0.1) is 23.0 Å². The summed E-state index contributed by atoms with van der Waals surface area (Å²) in [5, 5.41) is 9.85. The van der Waals surface area contributed by atoms with Crippen molar-refractivity contribution in [2.75, 3.05) is 0 Å². The first kappa shape index (κ1) is 37.6. The molecule has 0 fully saturated rings. The number of hydrogen-bond acceptors (Lipinski definition) is 6. The molecule has 0 aliphatic heterocycles. The molecule has 0 unspecified atom stereocenters. The van der Waals surface area contributed by atoms with Crippen LogP contribution >= 0.6 is 0 Å². The van der Waals surface area contributed by atoms with E-state index in [1.165, 1.54) is 0 Å². The topological polar surface area (TPSA) is 88.2 Å². The van der Waals surface area contributed by atoms with E-state index in [2.05, 4.69) is 97.1 Å². The molecule has 0 N–H and O–H groups in total. The number of rotatable bonds is 9. The molecule has 0 saturated carbocycles. The third kappa shape index (κ3) is 7.78. The predicted molar refractivity (Wildman–Crippen MR) is 249 cm³/mol. The maximum atomic E-state index is 9.85. The summed E-state index contributed by atoms with van der Waals surface area (Å²) in [5.74, 6) is 2.33. The third-order valence-corrected chi connectivity index (χ3v) is 10.8. The standard InChI is InChI=1S/C56H36N6/c57-37-47-23-10-11-30-48(47)43-26-16-29-46(35-43)55-60-53(40-21-8-3-9-22-40)61-56(62-55)50-32-13-12-31-49(50)44-27-14-24-41(33-44)42-25-15-28-45(34-42)54-58-51(38-17-4-1-5-18-38)36-52(59-54)39-19-6-2-7-20-39/h1-36H. The Labute approximate surface area is 360 Å². The molecule has 62 heavy (non-hydrogen) atoms. The molecule has 0 saturated heterocycles. The fourth-order valence-corrected chi connectivity index (χ4v) is 7.72. The third-order valence-electron chi connectivity index (χ3n) is 10.8. The second-order valence-electron chi connectivity index (χ2n) is 14.8. The lowest BCUT2D eigenvalue weighted by Crippen LogP contribution is -2.01. The Bertz CT molecular complexity index is 3190. The molecule has 8 aromatic carbocycles. The van der Waals surface area contributed by atoms with Gasteiger partial charge in [0, 0.05) is 33.4 Å². The minimum atomic E-state index is 0.541. The lowest BCUT2D eigenvalue weighted by Gasteiger charge is -2.14. The molecular formula is C56H36N6. The van der Waals surface area contributed by atoms with Crippen LogP contribution in [-0.4, -0.2) is 24.9 Å². The maximum Gasteiger partial charge on any atom is 0.164 e. The van der Waals surface area contributed by atoms with Crippen molar-refractivity contribution in [3.8, 4) is 108 Å². The SMILES string of the molecule is N#Cc1ccccc1-c1cccc(-c2nc(-c3ccccc3)nc(-c3ccccc3-c3cccc(-c4cccc(-c5nc(-c6ccccc6)cc(-c6ccccc6)n5)c4)c3)n2)c1. The lowest BCUT2D eigenvalue weighted by molar-refractivity contribution is 1.07. The van der Waals surface area contributed by atoms with Gasteiger partial charge in [-0.15, -0.1) is 0 Å². The van der Waals surface area contributed by atoms with Crippen LogP contribution in [0.1, 0.15) is 5.56 Å². The first-order chi connectivity index (χ1) is 30.7. The van der Waals surface area contributed by atoms with E-state index in [0.717, 1.165) is 78.1 Å². The van der Waals surface area contributed by atoms with Crippen molar-refractivity contribution in [2.45, 2.75) is 0 Å². The minimum Gasteiger partial charge on any atom is -0.228 e. The van der Waals surface area contributed by atoms with Gasteiger partial charge in [-0.3, -0.25) is 0 Å². The van der Waals surface area contributed by atoms with Crippen LogP contribution < -0.4 is 0 Å². The van der Waals surface area contributed by atoms with Gasteiger partial charge in [-0.2, -0.15) is 5.26 Å². The van der Waals surface area contributed by atoms with Gasteiger partial charge in [0.15, 0.2) is 23.3 Å². The summed E-state index contributed by atoms with van der Waals surface area (Å²) in [6, 6.07) is 75.7. The Morgan fingerprint density at radius 3 is 1.21 bits per heavy atom. The Hall–Kier alpha value is -8.66. The molecule has 0 aliphatic carbocycles. The van der Waals surface area contributed by atoms with Crippen molar-refractivity contribution < 1.29 is 0 Å². The number of nitrogens with zero attached hydrogens (tertiary/aromatic N) is 6. The molecule has 0 aliphatic rings. The first-order valence-corrected chi connectivity index (χ1v) is 20.4. The van der Waals surface area contributed by atoms with Crippen LogP contribution in [0.15, 0.2) is 218 Å². The molecule has 2 heterocycles. The van der Waals surface area contributed by atoms with Crippen LogP contribution in [0.25, 0.3) is 101 Å². The van der Waals surface area contributed by atoms with Crippen molar-refractivity contribution in [1.29, 1.82) is 5.26 Å². The van der Waals surface area contributed by atoms with E-state index in [4.69, 9.17) is 24.9 Å². The molecule has 0 radical (unpaired) electrons. The van der Waals surface area contributed by atoms with E-state index < -0.39 is 0 Å². The van der Waals surface area contributed by atoms with Crippen molar-refractivity contribution in [2.24, 2.45) is 0 Å². The average molecular weight is 793 g/mol. The predicted octanol–water partition coefficient (Wildman–Crippen LogP) is 13.5. The summed E-state index contributed by atoms with van der Waals surface area (Å²) >= 11 is 0. The summed E-state index contributed by atoms with van der Waals surface area (Å²) in [5.41, 5.74) is 13.8. The van der Waals surface area contributed by atoms with Crippen LogP contribution in [0, 0.1) is 11.3 Å². The quantitative estimate of drug-likeness (QED) is 0.145. The Balaban J connectivity index is 1.05. The van der Waals surface area contributed by atoms with E-state index in [0.29, 0.717) is 28.9 Å². The Kier molecular flexibility index (Phi) is 10.3. The smallest absolute Gasteiger partial charge is 0.164 e. The van der Waals surface area contributed by atoms with E-state index in [9.17, 15) is 5.26 Å². The van der Waals surface area contributed by atoms with Gasteiger partial charge < -0.3 is 0 Å². The van der Waals surface area contributed by atoms with Gasteiger partial charge in [-0.1, -0.05) is 188 Å². The van der Waals surface area contributed by atoms with E-state index in [-0.39, 0.29) is 0 Å². The van der Waals surface area contributed by atoms with Gasteiger partial charge in [0.2, 0.25) is 0 Å². The minimum absolute atomic E-state index is 0.541. The fraction of sp³-hybridized carbons (Fsp3) is 0. The summed E-state index contributed by atoms with van der Waals surface area (Å²) < 4.78 is 0. The zero-order chi connectivity index (χ0) is 41.7. The second kappa shape index (κ2) is 16.9. The molecule has 0 bridgehead atoms. The summed E-state index contributed by atoms with van der Waals surface area (Å²) in [7, 11) is 0. The highest BCUT2D eigenvalue weighted by Gasteiger charge is 2.18. The zero-order valence-electron chi connectivity index (χ0n) is 33.5. The van der Waals surface area contributed by atoms with E-state index in [1.54, 1.807) is 0 Å². The van der Waals surface area contributed by atoms with Crippen LogP contribution in [0.2, 0.25) is 0 Å². The number of aromatic nitrogens is 5. The Morgan fingerprint density at radius 1 is 0.258 bits per heavy atom. The van der Waals surface area contributed by atoms with Crippen molar-refractivity contribution in [3.05, 3.63) is 224 Å². The van der Waals surface area contributed by atoms with E-state index in [1.807, 2.05) is 127 Å². The molecular weight excluding hydrogens is 757 g/mol. The largest absolute Gasteiger partial charge is 0.228 e. The summed E-state index contributed by atoms with van der Waals surface area (Å²) in [6.07, 6.45) is 0. The molecule has 6 heteroatoms. The number of nitriles is 1. The van der Waals surface area contributed by atoms with Gasteiger partial charge in [-0.25, -0.2) is 24.9 Å². The molecule has 6 nitrogen and oxygen atoms in total. The molecule has 0 amide bonds. The first-order valence-electron chi connectivity index (χ1n) is 20.4. The van der Waals surface area contributed by atoms with E-state index >= 15 is 0 Å². The van der Waals surface area contributed by atoms with Crippen molar-refractivity contribution in [3.63, 3.8) is 0 Å². The highest BCUT2D eigenvalue weighted by atomic mass is 15.0. The second-order valence-corrected chi connectivity index (χ2v) is 14.8. The summed E-state index contributed by atoms with van der Waals surface area (Å²) in [6.45, 7) is 0. The van der Waals surface area contributed by atoms with Crippen molar-refractivity contribution >= 4 is 0 Å². The van der Waals surface area contributed by atoms with Crippen molar-refractivity contribution in [1.82, 2.24) is 24.9 Å². The number of hydrogen-bond donors (Lipinski definition) is 0. The highest BCUT2D eigenvalue weighted by molar-refractivity contribution is 5.85. The molecule has 0 atom stereocenters. The molecule has 2 aromatic heterocycles.